The fourth-order valence-electron chi connectivity index (χ4n) is 2.42. The number of carbonyl (C=O) groups excluding carboxylic acids is 1. The second kappa shape index (κ2) is 10.2. The van der Waals surface area contributed by atoms with E-state index in [-0.39, 0.29) is 12.3 Å². The van der Waals surface area contributed by atoms with Crippen LogP contribution >= 0.6 is 11.3 Å². The third kappa shape index (κ3) is 6.28. The van der Waals surface area contributed by atoms with Crippen molar-refractivity contribution in [1.29, 1.82) is 0 Å². The number of hydrazone groups is 1. The van der Waals surface area contributed by atoms with Crippen LogP contribution in [0.2, 0.25) is 0 Å². The molecule has 8 nitrogen and oxygen atoms in total. The summed E-state index contributed by atoms with van der Waals surface area (Å²) in [4.78, 5) is 11.9. The van der Waals surface area contributed by atoms with Crippen molar-refractivity contribution in [2.45, 2.75) is 20.0 Å². The number of rotatable bonds is 9. The molecule has 3 aromatic rings. The summed E-state index contributed by atoms with van der Waals surface area (Å²) in [5.74, 6) is 0.957. The van der Waals surface area contributed by atoms with Crippen molar-refractivity contribution < 1.29 is 14.3 Å². The molecule has 1 heterocycles. The molecule has 2 aromatic carbocycles. The zero-order valence-electron chi connectivity index (χ0n) is 15.9. The van der Waals surface area contributed by atoms with Crippen LogP contribution in [-0.2, 0) is 17.8 Å². The Balaban J connectivity index is 1.59. The lowest BCUT2D eigenvalue weighted by molar-refractivity contribution is -0.120. The molecule has 0 aliphatic heterocycles. The number of nitrogens with two attached hydrogens (primary N) is 1. The number of nitrogen functional groups attached to an aromatic ring is 1. The molecule has 0 bridgehead atoms. The monoisotopic (exact) mass is 411 g/mol. The molecule has 0 atom stereocenters. The summed E-state index contributed by atoms with van der Waals surface area (Å²) in [5, 5.41) is 12.3. The maximum absolute atomic E-state index is 11.9. The molecule has 0 fully saturated rings. The van der Waals surface area contributed by atoms with Crippen LogP contribution in [0.1, 0.15) is 23.1 Å². The third-order valence-electron chi connectivity index (χ3n) is 3.70. The van der Waals surface area contributed by atoms with Gasteiger partial charge in [-0.3, -0.25) is 4.79 Å². The van der Waals surface area contributed by atoms with E-state index < -0.39 is 0 Å². The number of amides is 1. The Morgan fingerprint density at radius 2 is 2.00 bits per heavy atom. The Hall–Kier alpha value is -3.46. The molecule has 29 heavy (non-hydrogen) atoms. The van der Waals surface area contributed by atoms with Gasteiger partial charge in [-0.15, -0.1) is 10.2 Å². The second-order valence-corrected chi connectivity index (χ2v) is 7.01. The highest BCUT2D eigenvalue weighted by molar-refractivity contribution is 7.15. The predicted octanol–water partition coefficient (Wildman–Crippen LogP) is 2.79. The van der Waals surface area contributed by atoms with Gasteiger partial charge in [0.1, 0.15) is 11.6 Å². The van der Waals surface area contributed by atoms with Gasteiger partial charge < -0.3 is 15.2 Å². The summed E-state index contributed by atoms with van der Waals surface area (Å²) < 4.78 is 11.6. The number of benzene rings is 2. The van der Waals surface area contributed by atoms with Crippen LogP contribution in [0, 0.1) is 0 Å². The summed E-state index contributed by atoms with van der Waals surface area (Å²) in [6.45, 7) is 2.85. The SMILES string of the molecule is CCOc1cc(/C=N/NC(=O)Cc2nnc(N)s2)ccc1OCc1ccccc1. The molecule has 0 radical (unpaired) electrons. The minimum Gasteiger partial charge on any atom is -0.490 e. The van der Waals surface area contributed by atoms with Gasteiger partial charge in [0, 0.05) is 0 Å². The van der Waals surface area contributed by atoms with Crippen LogP contribution in [0.3, 0.4) is 0 Å². The number of hydrogen-bond donors (Lipinski definition) is 2. The first-order valence-corrected chi connectivity index (χ1v) is 9.79. The standard InChI is InChI=1S/C20H21N5O3S/c1-2-27-17-10-15(8-9-16(17)28-13-14-6-4-3-5-7-14)12-22-23-18(26)11-19-24-25-20(21)29-19/h3-10,12H,2,11,13H2,1H3,(H2,21,25)(H,23,26)/b22-12+. The van der Waals surface area contributed by atoms with E-state index in [1.807, 2.05) is 55.5 Å². The van der Waals surface area contributed by atoms with Gasteiger partial charge >= 0.3 is 0 Å². The molecule has 3 rings (SSSR count). The zero-order valence-corrected chi connectivity index (χ0v) is 16.7. The van der Waals surface area contributed by atoms with E-state index in [0.717, 1.165) is 11.1 Å². The molecule has 0 spiro atoms. The number of anilines is 1. The number of ether oxygens (including phenoxy) is 2. The molecular weight excluding hydrogens is 390 g/mol. The Morgan fingerprint density at radius 1 is 1.17 bits per heavy atom. The Morgan fingerprint density at radius 3 is 2.72 bits per heavy atom. The topological polar surface area (TPSA) is 112 Å². The van der Waals surface area contributed by atoms with Crippen molar-refractivity contribution in [3.05, 3.63) is 64.7 Å². The maximum Gasteiger partial charge on any atom is 0.247 e. The highest BCUT2D eigenvalue weighted by atomic mass is 32.1. The maximum atomic E-state index is 11.9. The average molecular weight is 411 g/mol. The highest BCUT2D eigenvalue weighted by Crippen LogP contribution is 2.28. The number of nitrogens with one attached hydrogen (secondary N) is 1. The zero-order chi connectivity index (χ0) is 20.5. The summed E-state index contributed by atoms with van der Waals surface area (Å²) in [5.41, 5.74) is 9.79. The molecule has 9 heteroatoms. The molecule has 0 saturated heterocycles. The van der Waals surface area contributed by atoms with E-state index in [1.54, 1.807) is 0 Å². The van der Waals surface area contributed by atoms with E-state index in [1.165, 1.54) is 17.6 Å². The third-order valence-corrected chi connectivity index (χ3v) is 4.45. The minimum atomic E-state index is -0.301. The molecule has 1 amide bonds. The summed E-state index contributed by atoms with van der Waals surface area (Å²) in [6.07, 6.45) is 1.61. The van der Waals surface area contributed by atoms with Gasteiger partial charge in [0.25, 0.3) is 0 Å². The quantitative estimate of drug-likeness (QED) is 0.414. The first-order chi connectivity index (χ1) is 14.1. The van der Waals surface area contributed by atoms with Crippen molar-refractivity contribution in [2.24, 2.45) is 5.10 Å². The number of carbonyl (C=O) groups is 1. The van der Waals surface area contributed by atoms with Crippen molar-refractivity contribution in [3.8, 4) is 11.5 Å². The molecule has 0 aliphatic rings. The van der Waals surface area contributed by atoms with E-state index in [2.05, 4.69) is 20.7 Å². The average Bonchev–Trinajstić information content (AvgIpc) is 3.13. The van der Waals surface area contributed by atoms with Crippen LogP contribution in [0.25, 0.3) is 0 Å². The van der Waals surface area contributed by atoms with Gasteiger partial charge in [0.2, 0.25) is 11.0 Å². The van der Waals surface area contributed by atoms with Gasteiger partial charge in [-0.05, 0) is 36.2 Å². The normalized spacial score (nSPS) is 10.8. The number of nitrogens with zero attached hydrogens (tertiary/aromatic N) is 3. The minimum absolute atomic E-state index is 0.0721. The molecule has 0 aliphatic carbocycles. The van der Waals surface area contributed by atoms with Gasteiger partial charge in [-0.2, -0.15) is 5.10 Å². The molecule has 150 valence electrons. The van der Waals surface area contributed by atoms with Gasteiger partial charge in [0.05, 0.1) is 19.2 Å². The van der Waals surface area contributed by atoms with Gasteiger partial charge in [0.15, 0.2) is 11.5 Å². The van der Waals surface area contributed by atoms with Crippen molar-refractivity contribution in [3.63, 3.8) is 0 Å². The Labute approximate surface area is 172 Å². The fraction of sp³-hybridized carbons (Fsp3) is 0.200. The first kappa shape index (κ1) is 20.3. The lowest BCUT2D eigenvalue weighted by Crippen LogP contribution is -2.19. The molecule has 0 unspecified atom stereocenters. The summed E-state index contributed by atoms with van der Waals surface area (Å²) >= 11 is 1.17. The van der Waals surface area contributed by atoms with E-state index in [4.69, 9.17) is 15.2 Å². The van der Waals surface area contributed by atoms with Crippen LogP contribution in [-0.4, -0.2) is 28.9 Å². The fourth-order valence-corrected chi connectivity index (χ4v) is 3.03. The Bertz CT molecular complexity index is 975. The van der Waals surface area contributed by atoms with Crippen molar-refractivity contribution in [2.75, 3.05) is 12.3 Å². The van der Waals surface area contributed by atoms with Crippen LogP contribution < -0.4 is 20.6 Å². The predicted molar refractivity (Wildman–Crippen MR) is 112 cm³/mol. The highest BCUT2D eigenvalue weighted by Gasteiger charge is 2.08. The molecule has 0 saturated carbocycles. The summed E-state index contributed by atoms with van der Waals surface area (Å²) in [7, 11) is 0. The van der Waals surface area contributed by atoms with Gasteiger partial charge in [-0.1, -0.05) is 41.7 Å². The lowest BCUT2D eigenvalue weighted by atomic mass is 10.2. The van der Waals surface area contributed by atoms with Crippen molar-refractivity contribution in [1.82, 2.24) is 15.6 Å². The van der Waals surface area contributed by atoms with E-state index >= 15 is 0 Å². The molecular formula is C20H21N5O3S. The second-order valence-electron chi connectivity index (χ2n) is 5.92. The van der Waals surface area contributed by atoms with Crippen molar-refractivity contribution >= 4 is 28.6 Å². The van der Waals surface area contributed by atoms with Gasteiger partial charge in [-0.25, -0.2) is 5.43 Å². The Kier molecular flexibility index (Phi) is 7.12. The van der Waals surface area contributed by atoms with E-state index in [9.17, 15) is 4.79 Å². The largest absolute Gasteiger partial charge is 0.490 e. The smallest absolute Gasteiger partial charge is 0.247 e. The number of aromatic nitrogens is 2. The number of hydrogen-bond acceptors (Lipinski definition) is 8. The lowest BCUT2D eigenvalue weighted by Gasteiger charge is -2.12. The summed E-state index contributed by atoms with van der Waals surface area (Å²) in [6, 6.07) is 15.4. The first-order valence-electron chi connectivity index (χ1n) is 8.97. The van der Waals surface area contributed by atoms with Crippen LogP contribution in [0.4, 0.5) is 5.13 Å². The van der Waals surface area contributed by atoms with Crippen LogP contribution in [0.5, 0.6) is 11.5 Å². The van der Waals surface area contributed by atoms with Crippen LogP contribution in [0.15, 0.2) is 53.6 Å². The van der Waals surface area contributed by atoms with E-state index in [0.29, 0.717) is 34.9 Å². The molecule has 3 N–H and O–H groups in total. The molecule has 1 aromatic heterocycles.